The molecular weight excluding hydrogens is 443 g/mol. The van der Waals surface area contributed by atoms with Crippen molar-refractivity contribution in [1.29, 1.82) is 0 Å². The summed E-state index contributed by atoms with van der Waals surface area (Å²) in [6.45, 7) is 3.90. The van der Waals surface area contributed by atoms with Crippen molar-refractivity contribution in [2.75, 3.05) is 24.5 Å². The zero-order chi connectivity index (χ0) is 22.1. The van der Waals surface area contributed by atoms with Gasteiger partial charge in [0.15, 0.2) is 5.69 Å². The average molecular weight is 467 g/mol. The van der Waals surface area contributed by atoms with Crippen LogP contribution in [-0.4, -0.2) is 57.6 Å². The van der Waals surface area contributed by atoms with E-state index in [-0.39, 0.29) is 34.4 Å². The molecule has 166 valence electrons. The summed E-state index contributed by atoms with van der Waals surface area (Å²) < 4.78 is 0. The van der Waals surface area contributed by atoms with Crippen molar-refractivity contribution >= 4 is 40.9 Å². The van der Waals surface area contributed by atoms with Crippen LogP contribution in [0.1, 0.15) is 64.2 Å². The first-order valence-electron chi connectivity index (χ1n) is 10.3. The Bertz CT molecular complexity index is 997. The van der Waals surface area contributed by atoms with Gasteiger partial charge in [0.25, 0.3) is 5.91 Å². The van der Waals surface area contributed by atoms with Crippen molar-refractivity contribution in [3.63, 3.8) is 0 Å². The fraction of sp³-hybridized carbons (Fsp3) is 0.500. The molecule has 0 aromatic carbocycles. The van der Waals surface area contributed by atoms with Crippen LogP contribution in [-0.2, 0) is 0 Å². The number of aromatic amines is 1. The Morgan fingerprint density at radius 2 is 1.94 bits per heavy atom. The molecule has 0 radical (unpaired) electrons. The van der Waals surface area contributed by atoms with Crippen molar-refractivity contribution < 1.29 is 14.7 Å². The maximum atomic E-state index is 12.6. The molecule has 0 spiro atoms. The number of hydrogen-bond acceptors (Lipinski definition) is 6. The van der Waals surface area contributed by atoms with E-state index in [1.54, 1.807) is 6.92 Å². The van der Waals surface area contributed by atoms with Crippen molar-refractivity contribution in [3.8, 4) is 0 Å². The SMILES string of the molecule is Cc1[nH]c(C(=O)NC2CCN(c3cc(C(=O)O)nc(C4CCCN4)n3)CC2)c(Cl)c1Cl. The van der Waals surface area contributed by atoms with Crippen LogP contribution in [0.5, 0.6) is 0 Å². The van der Waals surface area contributed by atoms with Gasteiger partial charge >= 0.3 is 5.97 Å². The molecule has 2 fully saturated rings. The lowest BCUT2D eigenvalue weighted by Gasteiger charge is -2.33. The lowest BCUT2D eigenvalue weighted by Crippen LogP contribution is -2.45. The predicted octanol–water partition coefficient (Wildman–Crippen LogP) is 2.94. The van der Waals surface area contributed by atoms with E-state index in [1.165, 1.54) is 6.07 Å². The molecule has 2 aromatic heterocycles. The number of anilines is 1. The number of aromatic nitrogens is 3. The number of carboxylic acid groups (broad SMARTS) is 1. The van der Waals surface area contributed by atoms with Crippen molar-refractivity contribution in [1.82, 2.24) is 25.6 Å². The number of aromatic carboxylic acids is 1. The van der Waals surface area contributed by atoms with Gasteiger partial charge in [0, 0.05) is 30.9 Å². The molecule has 2 saturated heterocycles. The number of nitrogens with one attached hydrogen (secondary N) is 3. The lowest BCUT2D eigenvalue weighted by molar-refractivity contribution is 0.0689. The van der Waals surface area contributed by atoms with E-state index < -0.39 is 5.97 Å². The Labute approximate surface area is 189 Å². The molecule has 2 aliphatic heterocycles. The van der Waals surface area contributed by atoms with Gasteiger partial charge in [0.2, 0.25) is 0 Å². The maximum Gasteiger partial charge on any atom is 0.354 e. The van der Waals surface area contributed by atoms with Crippen LogP contribution in [0.3, 0.4) is 0 Å². The minimum Gasteiger partial charge on any atom is -0.477 e. The molecular formula is C20H24Cl2N6O3. The molecule has 0 aliphatic carbocycles. The van der Waals surface area contributed by atoms with E-state index >= 15 is 0 Å². The van der Waals surface area contributed by atoms with Gasteiger partial charge in [-0.3, -0.25) is 4.79 Å². The normalized spacial score (nSPS) is 19.6. The van der Waals surface area contributed by atoms with Crippen LogP contribution in [0.15, 0.2) is 6.07 Å². The summed E-state index contributed by atoms with van der Waals surface area (Å²) in [5.74, 6) is -0.225. The van der Waals surface area contributed by atoms with Gasteiger partial charge in [0.05, 0.1) is 16.1 Å². The molecule has 31 heavy (non-hydrogen) atoms. The second-order valence-corrected chi connectivity index (χ2v) is 8.67. The van der Waals surface area contributed by atoms with E-state index in [4.69, 9.17) is 23.2 Å². The number of rotatable bonds is 5. The summed E-state index contributed by atoms with van der Waals surface area (Å²) in [4.78, 5) is 38.0. The summed E-state index contributed by atoms with van der Waals surface area (Å²) in [7, 11) is 0. The minimum atomic E-state index is -1.07. The first kappa shape index (κ1) is 21.9. The molecule has 2 aromatic rings. The topological polar surface area (TPSA) is 123 Å². The van der Waals surface area contributed by atoms with E-state index in [0.29, 0.717) is 48.3 Å². The highest BCUT2D eigenvalue weighted by molar-refractivity contribution is 6.44. The van der Waals surface area contributed by atoms with Crippen molar-refractivity contribution in [2.45, 2.75) is 44.7 Å². The van der Waals surface area contributed by atoms with Crippen LogP contribution < -0.4 is 15.5 Å². The fourth-order valence-corrected chi connectivity index (χ4v) is 4.44. The minimum absolute atomic E-state index is 0.00207. The number of nitrogens with zero attached hydrogens (tertiary/aromatic N) is 3. The summed E-state index contributed by atoms with van der Waals surface area (Å²) >= 11 is 12.2. The monoisotopic (exact) mass is 466 g/mol. The molecule has 0 saturated carbocycles. The highest BCUT2D eigenvalue weighted by Crippen LogP contribution is 2.29. The summed E-state index contributed by atoms with van der Waals surface area (Å²) in [6.07, 6.45) is 3.29. The lowest BCUT2D eigenvalue weighted by atomic mass is 10.0. The quantitative estimate of drug-likeness (QED) is 0.533. The van der Waals surface area contributed by atoms with Crippen molar-refractivity contribution in [3.05, 3.63) is 39.0 Å². The van der Waals surface area contributed by atoms with Gasteiger partial charge in [-0.05, 0) is 39.2 Å². The first-order chi connectivity index (χ1) is 14.8. The van der Waals surface area contributed by atoms with Gasteiger partial charge in [-0.1, -0.05) is 23.2 Å². The Morgan fingerprint density at radius 3 is 2.52 bits per heavy atom. The average Bonchev–Trinajstić information content (AvgIpc) is 3.39. The number of hydrogen-bond donors (Lipinski definition) is 4. The second-order valence-electron chi connectivity index (χ2n) is 7.91. The Kier molecular flexibility index (Phi) is 6.36. The van der Waals surface area contributed by atoms with Gasteiger partial charge in [0.1, 0.15) is 17.3 Å². The highest BCUT2D eigenvalue weighted by atomic mass is 35.5. The van der Waals surface area contributed by atoms with Crippen LogP contribution in [0, 0.1) is 6.92 Å². The number of halogens is 2. The standard InChI is InChI=1S/C20H24Cl2N6O3/c1-10-15(21)16(22)17(24-10)19(29)25-11-4-7-28(8-5-11)14-9-13(20(30)31)26-18(27-14)12-3-2-6-23-12/h9,11-12,23-24H,2-8H2,1H3,(H,25,29)(H,30,31). The molecule has 9 nitrogen and oxygen atoms in total. The van der Waals surface area contributed by atoms with Gasteiger partial charge in [-0.2, -0.15) is 0 Å². The third-order valence-corrected chi connectivity index (χ3v) is 6.70. The molecule has 11 heteroatoms. The van der Waals surface area contributed by atoms with Crippen LogP contribution >= 0.6 is 23.2 Å². The zero-order valence-electron chi connectivity index (χ0n) is 17.0. The number of H-pyrrole nitrogens is 1. The van der Waals surface area contributed by atoms with Crippen LogP contribution in [0.2, 0.25) is 10.0 Å². The first-order valence-corrected chi connectivity index (χ1v) is 11.0. The maximum absolute atomic E-state index is 12.6. The zero-order valence-corrected chi connectivity index (χ0v) is 18.6. The summed E-state index contributed by atoms with van der Waals surface area (Å²) in [6, 6.07) is 1.47. The van der Waals surface area contributed by atoms with Gasteiger partial charge in [-0.15, -0.1) is 0 Å². The van der Waals surface area contributed by atoms with Crippen LogP contribution in [0.25, 0.3) is 0 Å². The van der Waals surface area contributed by atoms with E-state index in [0.717, 1.165) is 19.4 Å². The smallest absolute Gasteiger partial charge is 0.354 e. The number of piperidine rings is 1. The van der Waals surface area contributed by atoms with E-state index in [1.807, 2.05) is 4.90 Å². The third-order valence-electron chi connectivity index (χ3n) is 5.76. The molecule has 4 heterocycles. The summed E-state index contributed by atoms with van der Waals surface area (Å²) in [5, 5.41) is 16.4. The number of carbonyl (C=O) groups excluding carboxylic acids is 1. The molecule has 4 rings (SSSR count). The molecule has 0 bridgehead atoms. The Morgan fingerprint density at radius 1 is 1.19 bits per heavy atom. The summed E-state index contributed by atoms with van der Waals surface area (Å²) in [5.41, 5.74) is 0.914. The van der Waals surface area contributed by atoms with Crippen molar-refractivity contribution in [2.24, 2.45) is 0 Å². The number of carboxylic acids is 1. The van der Waals surface area contributed by atoms with Crippen LogP contribution in [0.4, 0.5) is 5.82 Å². The third kappa shape index (κ3) is 4.63. The van der Waals surface area contributed by atoms with E-state index in [2.05, 4.69) is 25.6 Å². The molecule has 1 amide bonds. The van der Waals surface area contributed by atoms with Gasteiger partial charge < -0.3 is 25.6 Å². The molecule has 2 aliphatic rings. The highest BCUT2D eigenvalue weighted by Gasteiger charge is 2.27. The largest absolute Gasteiger partial charge is 0.477 e. The molecule has 1 unspecified atom stereocenters. The number of carbonyl (C=O) groups is 2. The Hall–Kier alpha value is -2.36. The fourth-order valence-electron chi connectivity index (χ4n) is 4.02. The number of aryl methyl sites for hydroxylation is 1. The Balaban J connectivity index is 1.43. The van der Waals surface area contributed by atoms with E-state index in [9.17, 15) is 14.7 Å². The molecule has 1 atom stereocenters. The molecule has 4 N–H and O–H groups in total. The van der Waals surface area contributed by atoms with Gasteiger partial charge in [-0.25, -0.2) is 14.8 Å². The second kappa shape index (κ2) is 9.02. The number of amides is 1. The predicted molar refractivity (Wildman–Crippen MR) is 117 cm³/mol.